The van der Waals surface area contributed by atoms with Crippen molar-refractivity contribution in [3.05, 3.63) is 84.7 Å². The van der Waals surface area contributed by atoms with Crippen LogP contribution >= 0.6 is 0 Å². The molecule has 4 aromatic rings. The number of hydrogen-bond acceptors (Lipinski definition) is 5. The Balaban J connectivity index is 1.58. The number of urea groups is 1. The number of anilines is 2. The third kappa shape index (κ3) is 4.79. The number of sulfonamides is 1. The van der Waals surface area contributed by atoms with E-state index in [-0.39, 0.29) is 16.7 Å². The first-order chi connectivity index (χ1) is 15.3. The van der Waals surface area contributed by atoms with E-state index in [1.165, 1.54) is 41.1 Å². The van der Waals surface area contributed by atoms with Crippen LogP contribution in [0.5, 0.6) is 0 Å². The van der Waals surface area contributed by atoms with Gasteiger partial charge in [0.25, 0.3) is 5.95 Å². The molecule has 0 saturated heterocycles. The summed E-state index contributed by atoms with van der Waals surface area (Å²) in [6, 6.07) is 19.6. The van der Waals surface area contributed by atoms with Gasteiger partial charge in [-0.05, 0) is 48.5 Å². The van der Waals surface area contributed by atoms with Gasteiger partial charge in [0.1, 0.15) is 5.82 Å². The maximum absolute atomic E-state index is 13.3. The summed E-state index contributed by atoms with van der Waals surface area (Å²) in [7, 11) is -3.83. The number of halogens is 1. The first-order valence-corrected chi connectivity index (χ1v) is 10.8. The van der Waals surface area contributed by atoms with E-state index in [9.17, 15) is 17.6 Å². The van der Waals surface area contributed by atoms with Crippen LogP contribution in [0.4, 0.5) is 20.8 Å². The number of aromatic nitrogens is 3. The minimum absolute atomic E-state index is 0.0202. The van der Waals surface area contributed by atoms with Crippen molar-refractivity contribution in [3.63, 3.8) is 0 Å². The molecule has 1 aromatic heterocycles. The minimum atomic E-state index is -3.83. The SMILES string of the molecule is NS(=O)(=O)c1ccc(NC(=O)Nc2nc(-c3ccccc3)n(-c3ccc(F)cc3)n2)cc1. The lowest BCUT2D eigenvalue weighted by Gasteiger charge is -2.06. The standard InChI is InChI=1S/C21H17FN6O3S/c22-15-6-10-17(11-7-15)28-19(14-4-2-1-3-5-14)25-20(27-28)26-21(29)24-16-8-12-18(13-9-16)32(23,30)31/h1-13H,(H2,23,30,31)(H2,24,26,27,29). The summed E-state index contributed by atoms with van der Waals surface area (Å²) in [4.78, 5) is 16.7. The van der Waals surface area contributed by atoms with Gasteiger partial charge in [-0.1, -0.05) is 30.3 Å². The first kappa shape index (κ1) is 21.2. The summed E-state index contributed by atoms with van der Waals surface area (Å²) in [6.45, 7) is 0. The molecule has 162 valence electrons. The smallest absolute Gasteiger partial charge is 0.308 e. The Morgan fingerprint density at radius 3 is 2.19 bits per heavy atom. The van der Waals surface area contributed by atoms with Gasteiger partial charge in [-0.3, -0.25) is 5.32 Å². The van der Waals surface area contributed by atoms with E-state index in [0.717, 1.165) is 5.56 Å². The molecular formula is C21H17FN6O3S. The summed E-state index contributed by atoms with van der Waals surface area (Å²) in [5.41, 5.74) is 1.65. The maximum atomic E-state index is 13.3. The molecule has 0 saturated carbocycles. The Bertz CT molecular complexity index is 1360. The maximum Gasteiger partial charge on any atom is 0.326 e. The zero-order chi connectivity index (χ0) is 22.7. The van der Waals surface area contributed by atoms with Gasteiger partial charge in [-0.15, -0.1) is 5.10 Å². The van der Waals surface area contributed by atoms with Crippen LogP contribution in [0.15, 0.2) is 83.8 Å². The first-order valence-electron chi connectivity index (χ1n) is 9.29. The number of primary sulfonamides is 1. The van der Waals surface area contributed by atoms with Crippen LogP contribution < -0.4 is 15.8 Å². The molecule has 0 atom stereocenters. The minimum Gasteiger partial charge on any atom is -0.308 e. The highest BCUT2D eigenvalue weighted by Gasteiger charge is 2.16. The van der Waals surface area contributed by atoms with E-state index in [1.54, 1.807) is 12.1 Å². The fraction of sp³-hybridized carbons (Fsp3) is 0. The molecule has 9 nitrogen and oxygen atoms in total. The quantitative estimate of drug-likeness (QED) is 0.427. The van der Waals surface area contributed by atoms with Crippen molar-refractivity contribution < 1.29 is 17.6 Å². The van der Waals surface area contributed by atoms with E-state index in [0.29, 0.717) is 17.2 Å². The molecule has 4 N–H and O–H groups in total. The van der Waals surface area contributed by atoms with Gasteiger partial charge in [-0.2, -0.15) is 4.98 Å². The molecule has 4 rings (SSSR count). The summed E-state index contributed by atoms with van der Waals surface area (Å²) in [5, 5.41) is 14.5. The van der Waals surface area contributed by atoms with Gasteiger partial charge in [0.05, 0.1) is 10.6 Å². The highest BCUT2D eigenvalue weighted by molar-refractivity contribution is 7.89. The van der Waals surface area contributed by atoms with Crippen molar-refractivity contribution in [2.75, 3.05) is 10.6 Å². The van der Waals surface area contributed by atoms with Crippen molar-refractivity contribution in [3.8, 4) is 17.1 Å². The molecule has 0 spiro atoms. The summed E-state index contributed by atoms with van der Waals surface area (Å²) in [5.74, 6) is 0.0816. The topological polar surface area (TPSA) is 132 Å². The number of rotatable bonds is 5. The van der Waals surface area contributed by atoms with Crippen LogP contribution in [-0.4, -0.2) is 29.2 Å². The van der Waals surface area contributed by atoms with Crippen LogP contribution in [0, 0.1) is 5.82 Å². The fourth-order valence-corrected chi connectivity index (χ4v) is 3.41. The molecule has 1 heterocycles. The van der Waals surface area contributed by atoms with Gasteiger partial charge >= 0.3 is 6.03 Å². The summed E-state index contributed by atoms with van der Waals surface area (Å²) < 4.78 is 37.5. The lowest BCUT2D eigenvalue weighted by atomic mass is 10.2. The third-order valence-corrected chi connectivity index (χ3v) is 5.31. The second-order valence-corrected chi connectivity index (χ2v) is 8.22. The molecule has 0 bridgehead atoms. The fourth-order valence-electron chi connectivity index (χ4n) is 2.89. The second kappa shape index (κ2) is 8.57. The van der Waals surface area contributed by atoms with Gasteiger partial charge < -0.3 is 5.32 Å². The Hall–Kier alpha value is -4.09. The van der Waals surface area contributed by atoms with Crippen LogP contribution in [-0.2, 0) is 10.0 Å². The van der Waals surface area contributed by atoms with Crippen LogP contribution in [0.1, 0.15) is 0 Å². The summed E-state index contributed by atoms with van der Waals surface area (Å²) >= 11 is 0. The Labute approximate surface area is 182 Å². The van der Waals surface area contributed by atoms with E-state index in [1.807, 2.05) is 30.3 Å². The van der Waals surface area contributed by atoms with Crippen molar-refractivity contribution >= 4 is 27.7 Å². The van der Waals surface area contributed by atoms with E-state index >= 15 is 0 Å². The van der Waals surface area contributed by atoms with Crippen molar-refractivity contribution in [2.24, 2.45) is 5.14 Å². The number of hydrogen-bond donors (Lipinski definition) is 3. The predicted octanol–water partition coefficient (Wildman–Crippen LogP) is 3.36. The molecule has 0 aliphatic carbocycles. The Kier molecular flexibility index (Phi) is 5.67. The molecule has 0 unspecified atom stereocenters. The predicted molar refractivity (Wildman–Crippen MR) is 117 cm³/mol. The van der Waals surface area contributed by atoms with Crippen LogP contribution in [0.3, 0.4) is 0 Å². The molecule has 11 heteroatoms. The Morgan fingerprint density at radius 1 is 0.906 bits per heavy atom. The highest BCUT2D eigenvalue weighted by Crippen LogP contribution is 2.23. The van der Waals surface area contributed by atoms with Gasteiger partial charge in [0.15, 0.2) is 5.82 Å². The molecule has 0 aliphatic rings. The number of carbonyl (C=O) groups excluding carboxylic acids is 1. The summed E-state index contributed by atoms with van der Waals surface area (Å²) in [6.07, 6.45) is 0. The molecule has 0 radical (unpaired) electrons. The lowest BCUT2D eigenvalue weighted by Crippen LogP contribution is -2.20. The molecule has 3 aromatic carbocycles. The lowest BCUT2D eigenvalue weighted by molar-refractivity contribution is 0.262. The zero-order valence-electron chi connectivity index (χ0n) is 16.4. The van der Waals surface area contributed by atoms with Crippen LogP contribution in [0.25, 0.3) is 17.1 Å². The highest BCUT2D eigenvalue weighted by atomic mass is 32.2. The number of carbonyl (C=O) groups is 1. The molecule has 0 fully saturated rings. The number of amides is 2. The van der Waals surface area contributed by atoms with E-state index in [2.05, 4.69) is 20.7 Å². The normalized spacial score (nSPS) is 11.2. The number of nitrogens with one attached hydrogen (secondary N) is 2. The molecule has 2 amide bonds. The van der Waals surface area contributed by atoms with Gasteiger partial charge in [0, 0.05) is 11.3 Å². The second-order valence-electron chi connectivity index (χ2n) is 6.66. The monoisotopic (exact) mass is 452 g/mol. The zero-order valence-corrected chi connectivity index (χ0v) is 17.3. The van der Waals surface area contributed by atoms with Crippen molar-refractivity contribution in [1.82, 2.24) is 14.8 Å². The average Bonchev–Trinajstić information content (AvgIpc) is 3.18. The molecule has 32 heavy (non-hydrogen) atoms. The van der Waals surface area contributed by atoms with Crippen molar-refractivity contribution in [2.45, 2.75) is 4.90 Å². The van der Waals surface area contributed by atoms with Crippen LogP contribution in [0.2, 0.25) is 0 Å². The van der Waals surface area contributed by atoms with Gasteiger partial charge in [-0.25, -0.2) is 27.4 Å². The van der Waals surface area contributed by atoms with Crippen molar-refractivity contribution in [1.29, 1.82) is 0 Å². The van der Waals surface area contributed by atoms with E-state index < -0.39 is 16.1 Å². The molecular weight excluding hydrogens is 435 g/mol. The average molecular weight is 452 g/mol. The number of benzene rings is 3. The molecule has 0 aliphatic heterocycles. The number of nitrogens with zero attached hydrogens (tertiary/aromatic N) is 3. The Morgan fingerprint density at radius 2 is 1.56 bits per heavy atom. The third-order valence-electron chi connectivity index (χ3n) is 4.38. The van der Waals surface area contributed by atoms with Gasteiger partial charge in [0.2, 0.25) is 10.0 Å². The van der Waals surface area contributed by atoms with E-state index in [4.69, 9.17) is 5.14 Å². The largest absolute Gasteiger partial charge is 0.326 e. The number of nitrogens with two attached hydrogens (primary N) is 1.